The molecule has 0 saturated carbocycles. The van der Waals surface area contributed by atoms with Crippen LogP contribution in [0.2, 0.25) is 0 Å². The highest BCUT2D eigenvalue weighted by molar-refractivity contribution is 5.94. The maximum absolute atomic E-state index is 11.5. The summed E-state index contributed by atoms with van der Waals surface area (Å²) in [6.45, 7) is 4.52. The number of amides is 2. The van der Waals surface area contributed by atoms with E-state index < -0.39 is 6.04 Å². The number of rotatable bonds is 5. The molecule has 6 heteroatoms. The van der Waals surface area contributed by atoms with E-state index in [0.717, 1.165) is 5.56 Å². The van der Waals surface area contributed by atoms with E-state index in [-0.39, 0.29) is 24.2 Å². The molecule has 1 atom stereocenters. The van der Waals surface area contributed by atoms with Crippen LogP contribution in [-0.4, -0.2) is 24.4 Å². The van der Waals surface area contributed by atoms with Gasteiger partial charge in [-0.3, -0.25) is 9.59 Å². The normalized spacial score (nSPS) is 11.1. The van der Waals surface area contributed by atoms with Crippen molar-refractivity contribution in [1.82, 2.24) is 10.6 Å². The monoisotopic (exact) mass is 285 g/mol. The zero-order valence-corrected chi connectivity index (χ0v) is 11.9. The number of carbonyl (C=O) groups is 2. The molecule has 0 fully saturated rings. The second kappa shape index (κ2) is 8.50. The van der Waals surface area contributed by atoms with Gasteiger partial charge in [0.25, 0.3) is 5.91 Å². The predicted molar refractivity (Wildman–Crippen MR) is 77.2 cm³/mol. The third-order valence-electron chi connectivity index (χ3n) is 2.43. The standard InChI is InChI=1S/C13H19N3O2.ClH/c1-3-15-13(18)11-6-4-10(5-7-11)8-16-12(17)9(2)14;/h4-7,9H,3,8,14H2,1-2H3,(H,15,18)(H,16,17);1H/t9-;/m0./s1. The molecule has 1 aromatic carbocycles. The Kier molecular flexibility index (Phi) is 7.79. The van der Waals surface area contributed by atoms with Crippen LogP contribution in [0, 0.1) is 0 Å². The fourth-order valence-electron chi connectivity index (χ4n) is 1.39. The Balaban J connectivity index is 0.00000324. The van der Waals surface area contributed by atoms with E-state index in [2.05, 4.69) is 10.6 Å². The summed E-state index contributed by atoms with van der Waals surface area (Å²) in [5, 5.41) is 5.43. The molecule has 0 bridgehead atoms. The van der Waals surface area contributed by atoms with Gasteiger partial charge in [0.15, 0.2) is 0 Å². The number of hydrogen-bond acceptors (Lipinski definition) is 3. The summed E-state index contributed by atoms with van der Waals surface area (Å²) >= 11 is 0. The number of benzene rings is 1. The lowest BCUT2D eigenvalue weighted by molar-refractivity contribution is -0.122. The van der Waals surface area contributed by atoms with E-state index in [1.807, 2.05) is 19.1 Å². The summed E-state index contributed by atoms with van der Waals surface area (Å²) in [6.07, 6.45) is 0. The molecule has 2 amide bonds. The quantitative estimate of drug-likeness (QED) is 0.749. The lowest BCUT2D eigenvalue weighted by atomic mass is 10.1. The molecule has 106 valence electrons. The molecule has 0 saturated heterocycles. The lowest BCUT2D eigenvalue weighted by Gasteiger charge is -2.08. The molecule has 4 N–H and O–H groups in total. The molecule has 5 nitrogen and oxygen atoms in total. The van der Waals surface area contributed by atoms with Crippen LogP contribution in [0.25, 0.3) is 0 Å². The first-order valence-corrected chi connectivity index (χ1v) is 5.95. The molecule has 19 heavy (non-hydrogen) atoms. The number of nitrogens with two attached hydrogens (primary N) is 1. The summed E-state index contributed by atoms with van der Waals surface area (Å²) in [5.41, 5.74) is 6.97. The van der Waals surface area contributed by atoms with E-state index in [9.17, 15) is 9.59 Å². The van der Waals surface area contributed by atoms with Gasteiger partial charge in [0, 0.05) is 18.7 Å². The van der Waals surface area contributed by atoms with Crippen molar-refractivity contribution < 1.29 is 9.59 Å². The van der Waals surface area contributed by atoms with Crippen molar-refractivity contribution >= 4 is 24.2 Å². The van der Waals surface area contributed by atoms with Gasteiger partial charge in [0.1, 0.15) is 0 Å². The van der Waals surface area contributed by atoms with E-state index in [1.165, 1.54) is 0 Å². The van der Waals surface area contributed by atoms with Crippen LogP contribution in [0.3, 0.4) is 0 Å². The maximum atomic E-state index is 11.5. The average molecular weight is 286 g/mol. The van der Waals surface area contributed by atoms with Crippen LogP contribution < -0.4 is 16.4 Å². The SMILES string of the molecule is CCNC(=O)c1ccc(CNC(=O)[C@H](C)N)cc1.Cl. The Morgan fingerprint density at radius 3 is 2.26 bits per heavy atom. The van der Waals surface area contributed by atoms with E-state index >= 15 is 0 Å². The smallest absolute Gasteiger partial charge is 0.251 e. The third-order valence-corrected chi connectivity index (χ3v) is 2.43. The second-order valence-electron chi connectivity index (χ2n) is 4.06. The minimum absolute atomic E-state index is 0. The van der Waals surface area contributed by atoms with E-state index in [4.69, 9.17) is 5.73 Å². The van der Waals surface area contributed by atoms with E-state index in [1.54, 1.807) is 19.1 Å². The molecule has 0 aromatic heterocycles. The van der Waals surface area contributed by atoms with Crippen molar-refractivity contribution in [2.45, 2.75) is 26.4 Å². The summed E-state index contributed by atoms with van der Waals surface area (Å²) < 4.78 is 0. The molecule has 1 rings (SSSR count). The summed E-state index contributed by atoms with van der Waals surface area (Å²) in [5.74, 6) is -0.286. The van der Waals surface area contributed by atoms with Gasteiger partial charge in [0.05, 0.1) is 6.04 Å². The number of carbonyl (C=O) groups excluding carboxylic acids is 2. The van der Waals surface area contributed by atoms with Gasteiger partial charge in [0.2, 0.25) is 5.91 Å². The first-order valence-electron chi connectivity index (χ1n) is 5.95. The number of hydrogen-bond donors (Lipinski definition) is 3. The zero-order valence-electron chi connectivity index (χ0n) is 11.1. The van der Waals surface area contributed by atoms with Gasteiger partial charge < -0.3 is 16.4 Å². The Bertz CT molecular complexity index is 418. The van der Waals surface area contributed by atoms with E-state index in [0.29, 0.717) is 18.7 Å². The minimum atomic E-state index is -0.514. The zero-order chi connectivity index (χ0) is 13.5. The number of halogens is 1. The highest BCUT2D eigenvalue weighted by atomic mass is 35.5. The van der Waals surface area contributed by atoms with Gasteiger partial charge in [-0.2, -0.15) is 0 Å². The lowest BCUT2D eigenvalue weighted by Crippen LogP contribution is -2.37. The highest BCUT2D eigenvalue weighted by Gasteiger charge is 2.07. The molecular formula is C13H20ClN3O2. The van der Waals surface area contributed by atoms with Crippen LogP contribution in [0.1, 0.15) is 29.8 Å². The molecule has 1 aromatic rings. The third kappa shape index (κ3) is 5.72. The molecular weight excluding hydrogens is 266 g/mol. The van der Waals surface area contributed by atoms with Crippen molar-refractivity contribution in [2.24, 2.45) is 5.73 Å². The summed E-state index contributed by atoms with van der Waals surface area (Å²) in [4.78, 5) is 22.8. The van der Waals surface area contributed by atoms with Gasteiger partial charge in [-0.1, -0.05) is 12.1 Å². The Labute approximate surface area is 119 Å². The molecule has 0 aliphatic rings. The Morgan fingerprint density at radius 2 is 1.79 bits per heavy atom. The molecule has 0 aliphatic carbocycles. The second-order valence-corrected chi connectivity index (χ2v) is 4.06. The molecule has 0 heterocycles. The predicted octanol–water partition coefficient (Wildman–Crippen LogP) is 0.822. The maximum Gasteiger partial charge on any atom is 0.251 e. The molecule has 0 unspecified atom stereocenters. The molecule has 0 radical (unpaired) electrons. The van der Waals surface area contributed by atoms with Crippen molar-refractivity contribution in [3.8, 4) is 0 Å². The Morgan fingerprint density at radius 1 is 1.21 bits per heavy atom. The fourth-order valence-corrected chi connectivity index (χ4v) is 1.39. The first kappa shape index (κ1) is 17.4. The van der Waals surface area contributed by atoms with Gasteiger partial charge in [-0.25, -0.2) is 0 Å². The van der Waals surface area contributed by atoms with Crippen LogP contribution in [0.5, 0.6) is 0 Å². The molecule has 0 aliphatic heterocycles. The largest absolute Gasteiger partial charge is 0.352 e. The van der Waals surface area contributed by atoms with Gasteiger partial charge in [-0.15, -0.1) is 12.4 Å². The van der Waals surface area contributed by atoms with Crippen LogP contribution in [0.4, 0.5) is 0 Å². The number of nitrogens with one attached hydrogen (secondary N) is 2. The fraction of sp³-hybridized carbons (Fsp3) is 0.385. The summed E-state index contributed by atoms with van der Waals surface area (Å²) in [7, 11) is 0. The van der Waals surface area contributed by atoms with Crippen molar-refractivity contribution in [1.29, 1.82) is 0 Å². The molecule has 0 spiro atoms. The van der Waals surface area contributed by atoms with Crippen molar-refractivity contribution in [3.63, 3.8) is 0 Å². The van der Waals surface area contributed by atoms with Gasteiger partial charge in [-0.05, 0) is 31.5 Å². The van der Waals surface area contributed by atoms with Crippen LogP contribution in [0.15, 0.2) is 24.3 Å². The Hall–Kier alpha value is -1.59. The van der Waals surface area contributed by atoms with Gasteiger partial charge >= 0.3 is 0 Å². The van der Waals surface area contributed by atoms with Crippen molar-refractivity contribution in [3.05, 3.63) is 35.4 Å². The topological polar surface area (TPSA) is 84.2 Å². The highest BCUT2D eigenvalue weighted by Crippen LogP contribution is 2.04. The minimum Gasteiger partial charge on any atom is -0.352 e. The van der Waals surface area contributed by atoms with Crippen molar-refractivity contribution in [2.75, 3.05) is 6.54 Å². The van der Waals surface area contributed by atoms with Crippen LogP contribution >= 0.6 is 12.4 Å². The summed E-state index contributed by atoms with van der Waals surface area (Å²) in [6, 6.07) is 6.58. The first-order chi connectivity index (χ1) is 8.54. The average Bonchev–Trinajstić information content (AvgIpc) is 2.36. The van der Waals surface area contributed by atoms with Crippen LogP contribution in [-0.2, 0) is 11.3 Å².